The van der Waals surface area contributed by atoms with E-state index < -0.39 is 0 Å². The fraction of sp³-hybridized carbons (Fsp3) is 0. The minimum absolute atomic E-state index is 0.642. The third kappa shape index (κ3) is 11.5. The number of imidazole rings is 2. The Kier molecular flexibility index (Phi) is 15.8. The number of para-hydroxylation sites is 8. The highest BCUT2D eigenvalue weighted by molar-refractivity contribution is 9.10. The molecule has 14 aromatic carbocycles. The van der Waals surface area contributed by atoms with Crippen LogP contribution in [0, 0.1) is 0 Å². The van der Waals surface area contributed by atoms with Crippen LogP contribution in [-0.2, 0) is 0 Å². The average Bonchev–Trinajstić information content (AvgIpc) is 1.58. The van der Waals surface area contributed by atoms with Crippen molar-refractivity contribution in [1.82, 2.24) is 49.0 Å². The molecule has 2 aliphatic rings. The Morgan fingerprint density at radius 3 is 1.16 bits per heavy atom. The lowest BCUT2D eigenvalue weighted by Crippen LogP contribution is -2.14. The molecular weight excluding hydrogens is 1420 g/mol. The second-order valence-corrected chi connectivity index (χ2v) is 29.2. The van der Waals surface area contributed by atoms with E-state index in [2.05, 4.69) is 235 Å². The molecule has 8 heterocycles. The molecule has 20 aromatic rings. The molecule has 504 valence electrons. The summed E-state index contributed by atoms with van der Waals surface area (Å²) < 4.78 is 10.5. The molecule has 6 aromatic heterocycles. The van der Waals surface area contributed by atoms with E-state index in [1.165, 1.54) is 51.6 Å². The molecule has 0 unspecified atom stereocenters. The lowest BCUT2D eigenvalue weighted by atomic mass is 10.0. The summed E-state index contributed by atoms with van der Waals surface area (Å²) in [7, 11) is 0. The van der Waals surface area contributed by atoms with E-state index in [1.54, 1.807) is 22.7 Å². The van der Waals surface area contributed by atoms with Crippen LogP contribution in [-0.4, -0.2) is 49.0 Å². The van der Waals surface area contributed by atoms with Gasteiger partial charge < -0.3 is 5.32 Å². The van der Waals surface area contributed by atoms with Crippen LogP contribution in [0.4, 0.5) is 29.0 Å². The van der Waals surface area contributed by atoms with Gasteiger partial charge in [-0.05, 0) is 121 Å². The second kappa shape index (κ2) is 26.7. The van der Waals surface area contributed by atoms with Crippen molar-refractivity contribution in [3.8, 4) is 102 Å². The zero-order valence-corrected chi connectivity index (χ0v) is 60.2. The monoisotopic (exact) mass is 1470 g/mol. The minimum Gasteiger partial charge on any atom is -0.325 e. The molecule has 12 nitrogen and oxygen atoms in total. The molecule has 0 bridgehead atoms. The molecular formula is C92H57BrN12S2. The molecule has 0 spiro atoms. The summed E-state index contributed by atoms with van der Waals surface area (Å²) in [6.45, 7) is 0. The van der Waals surface area contributed by atoms with Gasteiger partial charge in [0.25, 0.3) is 0 Å². The third-order valence-electron chi connectivity index (χ3n) is 19.6. The molecule has 0 atom stereocenters. The predicted octanol–water partition coefficient (Wildman–Crippen LogP) is 24.8. The summed E-state index contributed by atoms with van der Waals surface area (Å²) in [5, 5.41) is 8.28. The van der Waals surface area contributed by atoms with Crippen LogP contribution in [0.25, 0.3) is 164 Å². The van der Waals surface area contributed by atoms with Gasteiger partial charge in [0.1, 0.15) is 0 Å². The first-order valence-electron chi connectivity index (χ1n) is 35.2. The van der Waals surface area contributed by atoms with Crippen molar-refractivity contribution in [2.75, 3.05) is 10.2 Å². The lowest BCUT2D eigenvalue weighted by molar-refractivity contribution is 1.05. The Balaban J connectivity index is 0.000000118. The topological polar surface area (TPSA) is 128 Å². The highest BCUT2D eigenvalue weighted by atomic mass is 79.9. The van der Waals surface area contributed by atoms with Crippen LogP contribution in [0.5, 0.6) is 0 Å². The van der Waals surface area contributed by atoms with Gasteiger partial charge in [0.2, 0.25) is 11.9 Å². The van der Waals surface area contributed by atoms with Gasteiger partial charge >= 0.3 is 0 Å². The van der Waals surface area contributed by atoms with Crippen molar-refractivity contribution in [1.29, 1.82) is 0 Å². The van der Waals surface area contributed by atoms with Crippen molar-refractivity contribution in [3.05, 3.63) is 344 Å². The van der Waals surface area contributed by atoms with Gasteiger partial charge in [0, 0.05) is 112 Å². The summed E-state index contributed by atoms with van der Waals surface area (Å²) in [6, 6.07) is 117. The van der Waals surface area contributed by atoms with Crippen LogP contribution >= 0.6 is 38.6 Å². The summed E-state index contributed by atoms with van der Waals surface area (Å²) in [5.74, 6) is 5.68. The van der Waals surface area contributed by atoms with Gasteiger partial charge in [-0.25, -0.2) is 39.9 Å². The standard InChI is InChI=1S/C46H28N6S.C27H16BrN3S.C19H13N3/c1-3-13-29(14-4-1)43-48-44(30-15-5-2-6-16-30)50-45(49-43)31-23-25-41-35(27-31)36-28-32(24-26-42(36)53-41)51-38-20-10-7-17-33(38)34-18-8-11-21-39(34)52-40-22-12-9-19-37(40)47-46(51)52;28-20-12-14-24-22(16-20)21-15-19(11-13-23(21)32-24)27-30-25(17-7-3-1-4-8-17)29-26(31-27)18-9-5-2-6-10-18;1-3-9-15-13(7-1)14-8-2-5-11-17(14)22-18-12-6-4-10-16(18)21-19(22)20-15/h1-28H;1-16H;1-12H,(H,20,21). The van der Waals surface area contributed by atoms with Gasteiger partial charge in [0.05, 0.1) is 39.1 Å². The molecule has 1 N–H and O–H groups in total. The largest absolute Gasteiger partial charge is 0.325 e. The lowest BCUT2D eigenvalue weighted by Gasteiger charge is -2.24. The number of aromatic nitrogens is 10. The molecule has 107 heavy (non-hydrogen) atoms. The molecule has 2 aliphatic heterocycles. The highest BCUT2D eigenvalue weighted by Gasteiger charge is 2.30. The maximum atomic E-state index is 5.29. The minimum atomic E-state index is 0.642. The highest BCUT2D eigenvalue weighted by Crippen LogP contribution is 2.50. The maximum absolute atomic E-state index is 5.29. The maximum Gasteiger partial charge on any atom is 0.220 e. The predicted molar refractivity (Wildman–Crippen MR) is 444 cm³/mol. The van der Waals surface area contributed by atoms with Gasteiger partial charge in [-0.1, -0.05) is 234 Å². The first-order chi connectivity index (χ1) is 52.9. The first-order valence-corrected chi connectivity index (χ1v) is 37.6. The SMILES string of the molecule is Brc1ccc2sc3ccc(-c4nc(-c5ccccc5)nc(-c5ccccc5)n4)cc3c2c1.c1ccc(-c2nc(-c3ccccc3)nc(-c3ccc4sc5ccc(N6c7ccccc7-c7ccccc7-n7c6nc6ccccc67)cc5c4c3)n2)cc1.c1ccc2c(c1)Nc1nc3ccccc3n1-c1ccccc1-2. The van der Waals surface area contributed by atoms with Crippen LogP contribution in [0.2, 0.25) is 0 Å². The fourth-order valence-corrected chi connectivity index (χ4v) is 17.1. The average molecular weight is 1470 g/mol. The number of anilines is 5. The van der Waals surface area contributed by atoms with Gasteiger partial charge in [-0.3, -0.25) is 14.0 Å². The molecule has 0 aliphatic carbocycles. The van der Waals surface area contributed by atoms with Crippen LogP contribution < -0.4 is 10.2 Å². The molecule has 15 heteroatoms. The summed E-state index contributed by atoms with van der Waals surface area (Å²) >= 11 is 7.21. The number of halogens is 1. The Morgan fingerprint density at radius 1 is 0.271 bits per heavy atom. The fourth-order valence-electron chi connectivity index (χ4n) is 14.6. The number of thiophene rings is 2. The number of hydrogen-bond donors (Lipinski definition) is 1. The van der Waals surface area contributed by atoms with Gasteiger partial charge in [0.15, 0.2) is 34.9 Å². The number of benzene rings is 14. The number of nitrogens with zero attached hydrogens (tertiary/aromatic N) is 11. The van der Waals surface area contributed by atoms with Crippen molar-refractivity contribution >= 4 is 130 Å². The summed E-state index contributed by atoms with van der Waals surface area (Å²) in [5.41, 5.74) is 20.1. The van der Waals surface area contributed by atoms with E-state index in [-0.39, 0.29) is 0 Å². The Bertz CT molecular complexity index is 6720. The quantitative estimate of drug-likeness (QED) is 0.165. The summed E-state index contributed by atoms with van der Waals surface area (Å²) in [6.07, 6.45) is 0. The third-order valence-corrected chi connectivity index (χ3v) is 22.3. The molecule has 0 saturated heterocycles. The number of nitrogens with one attached hydrogen (secondary N) is 1. The van der Waals surface area contributed by atoms with Crippen molar-refractivity contribution in [3.63, 3.8) is 0 Å². The number of hydrogen-bond acceptors (Lipinski definition) is 12. The molecule has 0 saturated carbocycles. The van der Waals surface area contributed by atoms with E-state index in [0.29, 0.717) is 34.9 Å². The molecule has 0 amide bonds. The van der Waals surface area contributed by atoms with E-state index >= 15 is 0 Å². The molecule has 0 radical (unpaired) electrons. The Morgan fingerprint density at radius 2 is 0.636 bits per heavy atom. The zero-order valence-electron chi connectivity index (χ0n) is 56.9. The van der Waals surface area contributed by atoms with E-state index in [4.69, 9.17) is 39.9 Å². The van der Waals surface area contributed by atoms with E-state index in [1.807, 2.05) is 140 Å². The zero-order chi connectivity index (χ0) is 70.9. The summed E-state index contributed by atoms with van der Waals surface area (Å²) in [4.78, 5) is 41.8. The van der Waals surface area contributed by atoms with Crippen LogP contribution in [0.1, 0.15) is 0 Å². The van der Waals surface area contributed by atoms with Gasteiger partial charge in [-0.15, -0.1) is 22.7 Å². The first kappa shape index (κ1) is 63.3. The molecule has 0 fully saturated rings. The Hall–Kier alpha value is -13.4. The Labute approximate surface area is 630 Å². The van der Waals surface area contributed by atoms with Crippen molar-refractivity contribution < 1.29 is 0 Å². The van der Waals surface area contributed by atoms with E-state index in [0.717, 1.165) is 111 Å². The second-order valence-electron chi connectivity index (χ2n) is 26.1. The number of fused-ring (bicyclic) bond motifs is 20. The van der Waals surface area contributed by atoms with Crippen LogP contribution in [0.3, 0.4) is 0 Å². The van der Waals surface area contributed by atoms with Gasteiger partial charge in [-0.2, -0.15) is 0 Å². The van der Waals surface area contributed by atoms with Crippen LogP contribution in [0.15, 0.2) is 344 Å². The van der Waals surface area contributed by atoms with Crippen molar-refractivity contribution in [2.45, 2.75) is 0 Å². The normalized spacial score (nSPS) is 11.8. The number of rotatable bonds is 7. The smallest absolute Gasteiger partial charge is 0.220 e. The molecule has 22 rings (SSSR count). The van der Waals surface area contributed by atoms with E-state index in [9.17, 15) is 0 Å². The van der Waals surface area contributed by atoms with Crippen molar-refractivity contribution in [2.24, 2.45) is 0 Å².